The van der Waals surface area contributed by atoms with Crippen LogP contribution in [0.25, 0.3) is 0 Å². The van der Waals surface area contributed by atoms with E-state index < -0.39 is 21.7 Å². The molecule has 1 fully saturated rings. The van der Waals surface area contributed by atoms with Crippen LogP contribution in [0, 0.1) is 0 Å². The fourth-order valence-corrected chi connectivity index (χ4v) is 6.85. The molecule has 0 unspecified atom stereocenters. The summed E-state index contributed by atoms with van der Waals surface area (Å²) in [5, 5.41) is 0.528. The summed E-state index contributed by atoms with van der Waals surface area (Å²) in [6, 6.07) is 11.5. The average Bonchev–Trinajstić information content (AvgIpc) is 3.19. The molecule has 37 heavy (non-hydrogen) atoms. The van der Waals surface area contributed by atoms with Gasteiger partial charge in [-0.3, -0.25) is 0 Å². The van der Waals surface area contributed by atoms with Crippen LogP contribution in [0.5, 0.6) is 5.75 Å². The third kappa shape index (κ3) is 5.19. The number of imidazole rings is 1. The van der Waals surface area contributed by atoms with Crippen LogP contribution in [-0.4, -0.2) is 36.2 Å². The minimum atomic E-state index is -3.69. The summed E-state index contributed by atoms with van der Waals surface area (Å²) in [5.74, 6) is 0.333. The van der Waals surface area contributed by atoms with Gasteiger partial charge in [-0.15, -0.1) is 0 Å². The SMILES string of the molecule is CC1(C)C[C@H](N(Cc2n(F)cc[n+]2F)c2ccc(Cl)cc2)c2cc(S(=O)(=O)N3CCCCC3)ccc2O1. The van der Waals surface area contributed by atoms with Crippen LogP contribution < -0.4 is 14.4 Å². The van der Waals surface area contributed by atoms with Crippen molar-refractivity contribution in [2.45, 2.75) is 62.6 Å². The van der Waals surface area contributed by atoms with E-state index in [9.17, 15) is 17.4 Å². The van der Waals surface area contributed by atoms with Crippen LogP contribution >= 0.6 is 11.6 Å². The van der Waals surface area contributed by atoms with Gasteiger partial charge in [0.25, 0.3) is 0 Å². The molecule has 1 atom stereocenters. The number of sulfonamides is 1. The highest BCUT2D eigenvalue weighted by molar-refractivity contribution is 7.89. The molecule has 198 valence electrons. The van der Waals surface area contributed by atoms with E-state index in [0.29, 0.717) is 41.5 Å². The van der Waals surface area contributed by atoms with E-state index in [2.05, 4.69) is 0 Å². The number of piperidine rings is 1. The predicted molar refractivity (Wildman–Crippen MR) is 136 cm³/mol. The van der Waals surface area contributed by atoms with E-state index in [1.54, 1.807) is 42.5 Å². The number of nitrogens with zero attached hydrogens (tertiary/aromatic N) is 4. The third-order valence-electron chi connectivity index (χ3n) is 7.03. The van der Waals surface area contributed by atoms with Crippen LogP contribution in [0.2, 0.25) is 5.02 Å². The zero-order chi connectivity index (χ0) is 26.4. The Kier molecular flexibility index (Phi) is 6.93. The first-order valence-electron chi connectivity index (χ1n) is 12.3. The molecule has 7 nitrogen and oxygen atoms in total. The lowest BCUT2D eigenvalue weighted by Gasteiger charge is -2.43. The monoisotopic (exact) mass is 551 g/mol. The zero-order valence-electron chi connectivity index (χ0n) is 20.8. The molecule has 2 aromatic carbocycles. The van der Waals surface area contributed by atoms with E-state index in [1.165, 1.54) is 4.31 Å². The van der Waals surface area contributed by atoms with Crippen molar-refractivity contribution in [3.05, 3.63) is 71.3 Å². The van der Waals surface area contributed by atoms with E-state index in [-0.39, 0.29) is 26.8 Å². The second-order valence-electron chi connectivity index (χ2n) is 10.2. The summed E-state index contributed by atoms with van der Waals surface area (Å²) in [4.78, 5) is 2.53. The van der Waals surface area contributed by atoms with E-state index in [0.717, 1.165) is 31.7 Å². The van der Waals surface area contributed by atoms with Crippen molar-refractivity contribution < 1.29 is 26.9 Å². The smallest absolute Gasteiger partial charge is 0.347 e. The van der Waals surface area contributed by atoms with Crippen molar-refractivity contribution in [1.29, 1.82) is 0 Å². The van der Waals surface area contributed by atoms with Gasteiger partial charge in [0.2, 0.25) is 10.0 Å². The largest absolute Gasteiger partial charge is 0.487 e. The maximum Gasteiger partial charge on any atom is 0.347 e. The van der Waals surface area contributed by atoms with Crippen LogP contribution in [0.3, 0.4) is 0 Å². The van der Waals surface area contributed by atoms with Gasteiger partial charge >= 0.3 is 5.82 Å². The van der Waals surface area contributed by atoms with Crippen molar-refractivity contribution in [2.24, 2.45) is 0 Å². The van der Waals surface area contributed by atoms with Gasteiger partial charge in [0.15, 0.2) is 12.4 Å². The standard InChI is InChI=1S/C26H30ClF2N4O3S/c1-26(2)17-23(31(20-8-6-19(27)7-9-20)18-25-32(28)14-15-33(25)29)22-16-21(10-11-24(22)36-26)37(34,35)30-12-4-3-5-13-30/h6-11,14-16,23H,3-5,12-13,17-18H2,1-2H3/q+1/t23-/m0/s1. The van der Waals surface area contributed by atoms with Gasteiger partial charge in [0.1, 0.15) is 17.9 Å². The maximum absolute atomic E-state index is 14.5. The third-order valence-corrected chi connectivity index (χ3v) is 9.18. The summed E-state index contributed by atoms with van der Waals surface area (Å²) in [6.45, 7) is 4.74. The maximum atomic E-state index is 14.5. The van der Waals surface area contributed by atoms with E-state index in [4.69, 9.17) is 16.3 Å². The normalized spacial score (nSPS) is 19.8. The highest BCUT2D eigenvalue weighted by atomic mass is 35.5. The number of benzene rings is 2. The Morgan fingerprint density at radius 3 is 2.49 bits per heavy atom. The van der Waals surface area contributed by atoms with Crippen molar-refractivity contribution in [3.63, 3.8) is 0 Å². The first-order chi connectivity index (χ1) is 17.5. The van der Waals surface area contributed by atoms with Gasteiger partial charge in [0, 0.05) is 44.7 Å². The van der Waals surface area contributed by atoms with Gasteiger partial charge in [-0.1, -0.05) is 18.0 Å². The highest BCUT2D eigenvalue weighted by Crippen LogP contribution is 2.45. The molecule has 1 aromatic heterocycles. The Balaban J connectivity index is 1.62. The lowest BCUT2D eigenvalue weighted by atomic mass is 9.88. The molecule has 0 aliphatic carbocycles. The summed E-state index contributed by atoms with van der Waals surface area (Å²) in [6.07, 6.45) is 5.14. The molecule has 0 spiro atoms. The minimum Gasteiger partial charge on any atom is -0.487 e. The van der Waals surface area contributed by atoms with Gasteiger partial charge in [-0.25, -0.2) is 8.42 Å². The predicted octanol–water partition coefficient (Wildman–Crippen LogP) is 5.38. The first-order valence-corrected chi connectivity index (χ1v) is 14.2. The number of aromatic nitrogens is 2. The quantitative estimate of drug-likeness (QED) is 0.413. The second kappa shape index (κ2) is 9.89. The summed E-state index contributed by atoms with van der Waals surface area (Å²) in [5.41, 5.74) is 0.720. The summed E-state index contributed by atoms with van der Waals surface area (Å²) < 4.78 is 63.7. The number of ether oxygens (including phenoxy) is 1. The van der Waals surface area contributed by atoms with E-state index in [1.807, 2.05) is 18.7 Å². The lowest BCUT2D eigenvalue weighted by molar-refractivity contribution is -0.849. The molecule has 0 amide bonds. The number of halogens is 3. The molecule has 11 heteroatoms. The lowest BCUT2D eigenvalue weighted by Crippen LogP contribution is -2.43. The molecule has 0 bridgehead atoms. The second-order valence-corrected chi connectivity index (χ2v) is 12.6. The van der Waals surface area contributed by atoms with Crippen molar-refractivity contribution in [1.82, 2.24) is 9.09 Å². The topological polar surface area (TPSA) is 58.7 Å². The van der Waals surface area contributed by atoms with Crippen LogP contribution in [-0.2, 0) is 16.6 Å². The molecule has 0 saturated carbocycles. The van der Waals surface area contributed by atoms with Crippen molar-refractivity contribution >= 4 is 27.3 Å². The minimum absolute atomic E-state index is 0.120. The van der Waals surface area contributed by atoms with Crippen LogP contribution in [0.1, 0.15) is 57.0 Å². The van der Waals surface area contributed by atoms with Crippen LogP contribution in [0.4, 0.5) is 14.6 Å². The van der Waals surface area contributed by atoms with Crippen molar-refractivity contribution in [3.8, 4) is 5.75 Å². The molecule has 1 saturated heterocycles. The van der Waals surface area contributed by atoms with Crippen LogP contribution in [0.15, 0.2) is 59.8 Å². The number of fused-ring (bicyclic) bond motifs is 1. The van der Waals surface area contributed by atoms with Gasteiger partial charge in [0.05, 0.1) is 10.9 Å². The highest BCUT2D eigenvalue weighted by Gasteiger charge is 2.40. The molecule has 0 N–H and O–H groups in total. The van der Waals surface area contributed by atoms with Gasteiger partial charge in [-0.05, 0) is 78.7 Å². The van der Waals surface area contributed by atoms with Crippen molar-refractivity contribution in [2.75, 3.05) is 18.0 Å². The van der Waals surface area contributed by atoms with Gasteiger partial charge in [-0.2, -0.15) is 4.31 Å². The Bertz CT molecular complexity index is 1370. The molecule has 2 aliphatic rings. The fraction of sp³-hybridized carbons (Fsp3) is 0.423. The molecule has 2 aliphatic heterocycles. The van der Waals surface area contributed by atoms with Gasteiger partial charge < -0.3 is 9.64 Å². The number of rotatable bonds is 6. The number of hydrogen-bond acceptors (Lipinski definition) is 4. The molecule has 3 heterocycles. The molecule has 0 radical (unpaired) electrons. The Morgan fingerprint density at radius 2 is 1.84 bits per heavy atom. The summed E-state index contributed by atoms with van der Waals surface area (Å²) in [7, 11) is -3.69. The molecule has 5 rings (SSSR count). The Hall–Kier alpha value is -2.69. The number of anilines is 1. The Labute approximate surface area is 220 Å². The molecular weight excluding hydrogens is 522 g/mol. The average molecular weight is 552 g/mol. The first kappa shape index (κ1) is 25.9. The molecular formula is C26H30ClF2N4O3S+. The Morgan fingerprint density at radius 1 is 1.14 bits per heavy atom. The number of hydrogen-bond donors (Lipinski definition) is 0. The zero-order valence-corrected chi connectivity index (χ0v) is 22.4. The molecule has 3 aromatic rings. The van der Waals surface area contributed by atoms with E-state index >= 15 is 0 Å². The fourth-order valence-electron chi connectivity index (χ4n) is 5.17. The summed E-state index contributed by atoms with van der Waals surface area (Å²) >= 11 is 6.13.